The fourth-order valence-electron chi connectivity index (χ4n) is 1.90. The van der Waals surface area contributed by atoms with E-state index < -0.39 is 17.9 Å². The Kier molecular flexibility index (Phi) is 2.69. The van der Waals surface area contributed by atoms with Crippen LogP contribution in [0.25, 0.3) is 0 Å². The normalized spacial score (nSPS) is 25.9. The molecule has 82 valence electrons. The summed E-state index contributed by atoms with van der Waals surface area (Å²) < 4.78 is 13.8. The predicted octanol–water partition coefficient (Wildman–Crippen LogP) is 2.21. The highest BCUT2D eigenvalue weighted by molar-refractivity contribution is 6.23. The van der Waals surface area contributed by atoms with Gasteiger partial charge in [0, 0.05) is 12.3 Å². The number of rotatable bonds is 1. The molecule has 2 nitrogen and oxygen atoms in total. The molecular formula is C13H11FO2. The minimum atomic E-state index is -1.65. The Bertz CT molecular complexity index is 450. The van der Waals surface area contributed by atoms with Gasteiger partial charge >= 0.3 is 0 Å². The van der Waals surface area contributed by atoms with Crippen molar-refractivity contribution in [2.24, 2.45) is 0 Å². The second-order valence-corrected chi connectivity index (χ2v) is 3.89. The molecule has 0 amide bonds. The number of allylic oxidation sites excluding steroid dienone is 1. The molecule has 2 rings (SSSR count). The van der Waals surface area contributed by atoms with Gasteiger partial charge in [-0.2, -0.15) is 0 Å². The van der Waals surface area contributed by atoms with Gasteiger partial charge in [0.1, 0.15) is 0 Å². The lowest BCUT2D eigenvalue weighted by Gasteiger charge is -2.25. The summed E-state index contributed by atoms with van der Waals surface area (Å²) in [5.74, 6) is -1.79. The van der Waals surface area contributed by atoms with Crippen molar-refractivity contribution in [1.82, 2.24) is 0 Å². The number of halogens is 1. The first-order valence-corrected chi connectivity index (χ1v) is 5.06. The molecule has 1 aromatic carbocycles. The van der Waals surface area contributed by atoms with E-state index >= 15 is 0 Å². The smallest absolute Gasteiger partial charge is 0.200 e. The zero-order chi connectivity index (χ0) is 11.7. The third-order valence-corrected chi connectivity index (χ3v) is 2.87. The third kappa shape index (κ3) is 1.69. The number of Topliss-reactive ketones (excluding diaryl/α,β-unsaturated/α-hetero) is 2. The second kappa shape index (κ2) is 4.00. The van der Waals surface area contributed by atoms with Crippen molar-refractivity contribution >= 4 is 11.6 Å². The molecular weight excluding hydrogens is 207 g/mol. The van der Waals surface area contributed by atoms with E-state index in [0.717, 1.165) is 0 Å². The monoisotopic (exact) mass is 218 g/mol. The number of benzene rings is 1. The molecule has 0 heterocycles. The lowest BCUT2D eigenvalue weighted by molar-refractivity contribution is -0.128. The molecule has 16 heavy (non-hydrogen) atoms. The Labute approximate surface area is 92.8 Å². The van der Waals surface area contributed by atoms with Crippen LogP contribution in [0.2, 0.25) is 0 Å². The molecule has 2 unspecified atom stereocenters. The molecule has 1 aliphatic carbocycles. The van der Waals surface area contributed by atoms with Gasteiger partial charge in [-0.3, -0.25) is 9.59 Å². The van der Waals surface area contributed by atoms with E-state index in [4.69, 9.17) is 0 Å². The summed E-state index contributed by atoms with van der Waals surface area (Å²) in [5.41, 5.74) is 0.476. The number of carbonyl (C=O) groups is 2. The maximum Gasteiger partial charge on any atom is 0.200 e. The van der Waals surface area contributed by atoms with Crippen molar-refractivity contribution in [2.45, 2.75) is 18.5 Å². The summed E-state index contributed by atoms with van der Waals surface area (Å²) in [6, 6.07) is 8.79. The molecule has 1 aromatic rings. The average Bonchev–Trinajstić information content (AvgIpc) is 2.32. The molecule has 0 aliphatic heterocycles. The Hall–Kier alpha value is -1.77. The molecule has 0 saturated heterocycles. The highest BCUT2D eigenvalue weighted by Crippen LogP contribution is 2.33. The Morgan fingerprint density at radius 1 is 1.19 bits per heavy atom. The van der Waals surface area contributed by atoms with Crippen LogP contribution in [-0.2, 0) is 9.59 Å². The van der Waals surface area contributed by atoms with Crippen LogP contribution in [0.3, 0.4) is 0 Å². The number of hydrogen-bond donors (Lipinski definition) is 0. The zero-order valence-electron chi connectivity index (χ0n) is 8.65. The first-order valence-electron chi connectivity index (χ1n) is 5.06. The van der Waals surface area contributed by atoms with Crippen LogP contribution in [-0.4, -0.2) is 17.7 Å². The standard InChI is InChI=1S/C13H11FO2/c1-8-11(15)7-10(12(14)13(8)16)9-5-3-2-4-6-9/h2-6,10,12H,1,7H2. The van der Waals surface area contributed by atoms with Gasteiger partial charge in [-0.15, -0.1) is 0 Å². The lowest BCUT2D eigenvalue weighted by Crippen LogP contribution is -2.35. The van der Waals surface area contributed by atoms with Crippen LogP contribution < -0.4 is 0 Å². The molecule has 1 aliphatic rings. The average molecular weight is 218 g/mol. The quantitative estimate of drug-likeness (QED) is 0.535. The highest BCUT2D eigenvalue weighted by atomic mass is 19.1. The molecule has 0 N–H and O–H groups in total. The molecule has 0 spiro atoms. The van der Waals surface area contributed by atoms with Gasteiger partial charge in [-0.05, 0) is 5.56 Å². The Morgan fingerprint density at radius 3 is 2.44 bits per heavy atom. The SMILES string of the molecule is C=C1C(=O)CC(c2ccccc2)C(F)C1=O. The molecule has 3 heteroatoms. The zero-order valence-corrected chi connectivity index (χ0v) is 8.65. The minimum absolute atomic E-state index is 0.0236. The topological polar surface area (TPSA) is 34.1 Å². The number of ketones is 2. The van der Waals surface area contributed by atoms with Crippen molar-refractivity contribution in [3.8, 4) is 0 Å². The largest absolute Gasteiger partial charge is 0.294 e. The molecule has 0 radical (unpaired) electrons. The van der Waals surface area contributed by atoms with Gasteiger partial charge in [0.05, 0.1) is 5.57 Å². The molecule has 2 atom stereocenters. The van der Waals surface area contributed by atoms with E-state index in [0.29, 0.717) is 5.56 Å². The maximum absolute atomic E-state index is 13.8. The van der Waals surface area contributed by atoms with E-state index in [1.165, 1.54) is 0 Å². The van der Waals surface area contributed by atoms with Crippen LogP contribution >= 0.6 is 0 Å². The minimum Gasteiger partial charge on any atom is -0.294 e. The van der Waals surface area contributed by atoms with Crippen molar-refractivity contribution < 1.29 is 14.0 Å². The Morgan fingerprint density at radius 2 is 1.81 bits per heavy atom. The summed E-state index contributed by atoms with van der Waals surface area (Å²) in [5, 5.41) is 0. The van der Waals surface area contributed by atoms with Gasteiger partial charge < -0.3 is 0 Å². The third-order valence-electron chi connectivity index (χ3n) is 2.87. The molecule has 1 fully saturated rings. The number of hydrogen-bond acceptors (Lipinski definition) is 2. The van der Waals surface area contributed by atoms with E-state index in [1.54, 1.807) is 24.3 Å². The highest BCUT2D eigenvalue weighted by Gasteiger charge is 2.39. The second-order valence-electron chi connectivity index (χ2n) is 3.89. The van der Waals surface area contributed by atoms with Crippen molar-refractivity contribution in [1.29, 1.82) is 0 Å². The van der Waals surface area contributed by atoms with Gasteiger partial charge in [0.2, 0.25) is 5.78 Å². The maximum atomic E-state index is 13.8. The first kappa shape index (κ1) is 10.7. The fraction of sp³-hybridized carbons (Fsp3) is 0.231. The van der Waals surface area contributed by atoms with Crippen LogP contribution in [0.15, 0.2) is 42.5 Å². The summed E-state index contributed by atoms with van der Waals surface area (Å²) >= 11 is 0. The fourth-order valence-corrected chi connectivity index (χ4v) is 1.90. The summed E-state index contributed by atoms with van der Waals surface area (Å²) in [7, 11) is 0. The molecule has 0 bridgehead atoms. The lowest BCUT2D eigenvalue weighted by atomic mass is 9.79. The van der Waals surface area contributed by atoms with Gasteiger partial charge in [0.15, 0.2) is 12.0 Å². The first-order chi connectivity index (χ1) is 7.61. The summed E-state index contributed by atoms with van der Waals surface area (Å²) in [4.78, 5) is 22.9. The molecule has 1 saturated carbocycles. The summed E-state index contributed by atoms with van der Waals surface area (Å²) in [6.07, 6.45) is -1.62. The van der Waals surface area contributed by atoms with E-state index in [-0.39, 0.29) is 17.8 Å². The van der Waals surface area contributed by atoms with Crippen molar-refractivity contribution in [3.05, 3.63) is 48.0 Å². The van der Waals surface area contributed by atoms with Crippen LogP contribution in [0.5, 0.6) is 0 Å². The van der Waals surface area contributed by atoms with Crippen LogP contribution in [0, 0.1) is 0 Å². The van der Waals surface area contributed by atoms with E-state index in [9.17, 15) is 14.0 Å². The van der Waals surface area contributed by atoms with Gasteiger partial charge in [0.25, 0.3) is 0 Å². The summed E-state index contributed by atoms with van der Waals surface area (Å²) in [6.45, 7) is 3.32. The van der Waals surface area contributed by atoms with Gasteiger partial charge in [-0.25, -0.2) is 4.39 Å². The number of alkyl halides is 1. The molecule has 0 aromatic heterocycles. The van der Waals surface area contributed by atoms with E-state index in [2.05, 4.69) is 6.58 Å². The van der Waals surface area contributed by atoms with Crippen molar-refractivity contribution in [2.75, 3.05) is 0 Å². The van der Waals surface area contributed by atoms with Crippen LogP contribution in [0.1, 0.15) is 17.9 Å². The van der Waals surface area contributed by atoms with Crippen molar-refractivity contribution in [3.63, 3.8) is 0 Å². The van der Waals surface area contributed by atoms with Crippen LogP contribution in [0.4, 0.5) is 4.39 Å². The number of carbonyl (C=O) groups excluding carboxylic acids is 2. The predicted molar refractivity (Wildman–Crippen MR) is 57.9 cm³/mol. The Balaban J connectivity index is 2.33. The van der Waals surface area contributed by atoms with E-state index in [1.807, 2.05) is 6.07 Å². The van der Waals surface area contributed by atoms with Gasteiger partial charge in [-0.1, -0.05) is 36.9 Å².